The highest BCUT2D eigenvalue weighted by Gasteiger charge is 2.15. The summed E-state index contributed by atoms with van der Waals surface area (Å²) in [6.45, 7) is 10.00. The molecule has 0 amide bonds. The molecule has 0 fully saturated rings. The van der Waals surface area contributed by atoms with Gasteiger partial charge < -0.3 is 15.2 Å². The highest BCUT2D eigenvalue weighted by atomic mass is 28.3. The van der Waals surface area contributed by atoms with Crippen molar-refractivity contribution in [3.63, 3.8) is 0 Å². The molecule has 23 heavy (non-hydrogen) atoms. The Labute approximate surface area is 139 Å². The van der Waals surface area contributed by atoms with Gasteiger partial charge in [-0.15, -0.1) is 0 Å². The molecule has 0 aliphatic carbocycles. The smallest absolute Gasteiger partial charge is 0.189 e. The van der Waals surface area contributed by atoms with E-state index >= 15 is 0 Å². The molecule has 0 atom stereocenters. The van der Waals surface area contributed by atoms with Gasteiger partial charge in [0.15, 0.2) is 6.79 Å². The van der Waals surface area contributed by atoms with Crippen LogP contribution in [0.1, 0.15) is 5.56 Å². The zero-order valence-corrected chi connectivity index (χ0v) is 15.7. The van der Waals surface area contributed by atoms with Crippen molar-refractivity contribution in [1.82, 2.24) is 9.78 Å². The van der Waals surface area contributed by atoms with Gasteiger partial charge in [0.1, 0.15) is 5.75 Å². The minimum absolute atomic E-state index is 0.234. The third kappa shape index (κ3) is 4.84. The SMILES string of the molecule is Cc1cnn(C)c1-c1ccc(N)cc1OCOCC[Si](C)(C)C. The largest absolute Gasteiger partial charge is 0.467 e. The predicted molar refractivity (Wildman–Crippen MR) is 97.4 cm³/mol. The lowest BCUT2D eigenvalue weighted by Crippen LogP contribution is -2.22. The molecule has 0 aliphatic heterocycles. The van der Waals surface area contributed by atoms with E-state index in [1.807, 2.05) is 43.0 Å². The van der Waals surface area contributed by atoms with Crippen LogP contribution in [0.3, 0.4) is 0 Å². The Morgan fingerprint density at radius 3 is 2.61 bits per heavy atom. The number of hydrogen-bond acceptors (Lipinski definition) is 4. The number of hydrogen-bond donors (Lipinski definition) is 1. The van der Waals surface area contributed by atoms with Gasteiger partial charge in [0.25, 0.3) is 0 Å². The van der Waals surface area contributed by atoms with Gasteiger partial charge in [-0.25, -0.2) is 0 Å². The molecule has 2 aromatic rings. The van der Waals surface area contributed by atoms with E-state index in [9.17, 15) is 0 Å². The first-order valence-corrected chi connectivity index (χ1v) is 11.6. The number of aromatic nitrogens is 2. The number of nitrogens with two attached hydrogens (primary N) is 1. The molecule has 6 heteroatoms. The van der Waals surface area contributed by atoms with Crippen molar-refractivity contribution >= 4 is 13.8 Å². The maximum Gasteiger partial charge on any atom is 0.189 e. The second kappa shape index (κ2) is 7.19. The molecule has 1 aromatic carbocycles. The second-order valence-electron chi connectivity index (χ2n) is 7.04. The number of nitrogen functional groups attached to an aromatic ring is 1. The summed E-state index contributed by atoms with van der Waals surface area (Å²) < 4.78 is 13.3. The predicted octanol–water partition coefficient (Wildman–Crippen LogP) is 3.67. The molecule has 5 nitrogen and oxygen atoms in total. The summed E-state index contributed by atoms with van der Waals surface area (Å²) in [7, 11) is 0.847. The van der Waals surface area contributed by atoms with Crippen molar-refractivity contribution < 1.29 is 9.47 Å². The van der Waals surface area contributed by atoms with Crippen LogP contribution in [0.4, 0.5) is 5.69 Å². The van der Waals surface area contributed by atoms with Crippen LogP contribution in [0.15, 0.2) is 24.4 Å². The highest BCUT2D eigenvalue weighted by Crippen LogP contribution is 2.33. The van der Waals surface area contributed by atoms with E-state index in [0.29, 0.717) is 5.69 Å². The highest BCUT2D eigenvalue weighted by molar-refractivity contribution is 6.76. The maximum absolute atomic E-state index is 5.91. The minimum atomic E-state index is -1.08. The van der Waals surface area contributed by atoms with Crippen LogP contribution in [-0.2, 0) is 11.8 Å². The summed E-state index contributed by atoms with van der Waals surface area (Å²) >= 11 is 0. The van der Waals surface area contributed by atoms with Crippen LogP contribution >= 0.6 is 0 Å². The van der Waals surface area contributed by atoms with E-state index in [1.165, 1.54) is 0 Å². The van der Waals surface area contributed by atoms with E-state index in [1.54, 1.807) is 0 Å². The average Bonchev–Trinajstić information content (AvgIpc) is 2.77. The summed E-state index contributed by atoms with van der Waals surface area (Å²) in [6, 6.07) is 6.81. The maximum atomic E-state index is 5.91. The lowest BCUT2D eigenvalue weighted by atomic mass is 10.1. The molecule has 2 N–H and O–H groups in total. The van der Waals surface area contributed by atoms with Crippen LogP contribution in [0.2, 0.25) is 25.7 Å². The second-order valence-corrected chi connectivity index (χ2v) is 12.7. The monoisotopic (exact) mass is 333 g/mol. The third-order valence-corrected chi connectivity index (χ3v) is 5.38. The molecule has 0 radical (unpaired) electrons. The molecule has 2 rings (SSSR count). The van der Waals surface area contributed by atoms with E-state index in [-0.39, 0.29) is 6.79 Å². The van der Waals surface area contributed by atoms with Gasteiger partial charge >= 0.3 is 0 Å². The number of benzene rings is 1. The molecule has 1 aromatic heterocycles. The summed E-state index contributed by atoms with van der Waals surface area (Å²) in [5, 5.41) is 4.30. The molecule has 0 aliphatic rings. The summed E-state index contributed by atoms with van der Waals surface area (Å²) in [5.74, 6) is 0.727. The molecule has 0 bridgehead atoms. The molecule has 0 spiro atoms. The van der Waals surface area contributed by atoms with Crippen LogP contribution < -0.4 is 10.5 Å². The molecule has 126 valence electrons. The Kier molecular flexibility index (Phi) is 5.49. The van der Waals surface area contributed by atoms with E-state index in [2.05, 4.69) is 24.7 Å². The number of nitrogens with zero attached hydrogens (tertiary/aromatic N) is 2. The summed E-state index contributed by atoms with van der Waals surface area (Å²) in [4.78, 5) is 0. The number of ether oxygens (including phenoxy) is 2. The topological polar surface area (TPSA) is 62.3 Å². The summed E-state index contributed by atoms with van der Waals surface area (Å²) in [5.41, 5.74) is 9.68. The van der Waals surface area contributed by atoms with Gasteiger partial charge in [-0.05, 0) is 30.7 Å². The van der Waals surface area contributed by atoms with Crippen molar-refractivity contribution in [2.45, 2.75) is 32.6 Å². The van der Waals surface area contributed by atoms with E-state index < -0.39 is 8.07 Å². The molecule has 0 unspecified atom stereocenters. The Morgan fingerprint density at radius 1 is 1.26 bits per heavy atom. The van der Waals surface area contributed by atoms with E-state index in [4.69, 9.17) is 15.2 Å². The van der Waals surface area contributed by atoms with Gasteiger partial charge in [-0.1, -0.05) is 19.6 Å². The van der Waals surface area contributed by atoms with Crippen LogP contribution in [0, 0.1) is 6.92 Å². The zero-order valence-electron chi connectivity index (χ0n) is 14.7. The fraction of sp³-hybridized carbons (Fsp3) is 0.471. The number of aryl methyl sites for hydroxylation is 2. The van der Waals surface area contributed by atoms with Crippen molar-refractivity contribution in [3.05, 3.63) is 30.0 Å². The van der Waals surface area contributed by atoms with Crippen LogP contribution in [0.25, 0.3) is 11.3 Å². The molecule has 0 saturated carbocycles. The van der Waals surface area contributed by atoms with Gasteiger partial charge in [0, 0.05) is 39.0 Å². The Bertz CT molecular complexity index is 643. The fourth-order valence-corrected chi connectivity index (χ4v) is 3.09. The van der Waals surface area contributed by atoms with Gasteiger partial charge in [-0.3, -0.25) is 4.68 Å². The Morgan fingerprint density at radius 2 is 2.00 bits per heavy atom. The third-order valence-electron chi connectivity index (χ3n) is 3.68. The molecular formula is C17H27N3O2Si. The first kappa shape index (κ1) is 17.6. The Balaban J connectivity index is 2.08. The molecule has 1 heterocycles. The van der Waals surface area contributed by atoms with E-state index in [0.717, 1.165) is 35.2 Å². The number of anilines is 1. The standard InChI is InChI=1S/C17H27N3O2Si/c1-13-11-19-20(2)17(13)15-7-6-14(18)10-16(15)22-12-21-8-9-23(3,4)5/h6-7,10-11H,8-9,12,18H2,1-5H3. The quantitative estimate of drug-likeness (QED) is 0.363. The summed E-state index contributed by atoms with van der Waals surface area (Å²) in [6.07, 6.45) is 1.85. The minimum Gasteiger partial charge on any atom is -0.467 e. The first-order valence-electron chi connectivity index (χ1n) is 7.87. The van der Waals surface area contributed by atoms with Crippen molar-refractivity contribution in [2.75, 3.05) is 19.1 Å². The normalized spacial score (nSPS) is 11.7. The van der Waals surface area contributed by atoms with Crippen LogP contribution in [0.5, 0.6) is 5.75 Å². The molecule has 0 saturated heterocycles. The Hall–Kier alpha value is -1.79. The van der Waals surface area contributed by atoms with Gasteiger partial charge in [-0.2, -0.15) is 5.10 Å². The lowest BCUT2D eigenvalue weighted by Gasteiger charge is -2.17. The van der Waals surface area contributed by atoms with Gasteiger partial charge in [0.05, 0.1) is 11.9 Å². The fourth-order valence-electron chi connectivity index (χ4n) is 2.33. The first-order chi connectivity index (χ1) is 10.8. The lowest BCUT2D eigenvalue weighted by molar-refractivity contribution is 0.0224. The van der Waals surface area contributed by atoms with Gasteiger partial charge in [0.2, 0.25) is 0 Å². The average molecular weight is 334 g/mol. The molecular weight excluding hydrogens is 306 g/mol. The number of rotatable bonds is 7. The van der Waals surface area contributed by atoms with Crippen molar-refractivity contribution in [1.29, 1.82) is 0 Å². The van der Waals surface area contributed by atoms with Crippen molar-refractivity contribution in [2.24, 2.45) is 7.05 Å². The van der Waals surface area contributed by atoms with Crippen LogP contribution in [-0.4, -0.2) is 31.3 Å². The zero-order chi connectivity index (χ0) is 17.0. The van der Waals surface area contributed by atoms with Crippen molar-refractivity contribution in [3.8, 4) is 17.0 Å².